The van der Waals surface area contributed by atoms with Crippen molar-refractivity contribution in [3.63, 3.8) is 0 Å². The van der Waals surface area contributed by atoms with E-state index in [1.54, 1.807) is 12.3 Å². The molecule has 2 aromatic rings. The van der Waals surface area contributed by atoms with Crippen LogP contribution in [0.25, 0.3) is 5.57 Å². The van der Waals surface area contributed by atoms with E-state index in [0.29, 0.717) is 11.1 Å². The molecular weight excluding hydrogens is 306 g/mol. The number of rotatable bonds is 7. The Hall–Kier alpha value is -3.08. The van der Waals surface area contributed by atoms with Crippen molar-refractivity contribution in [1.82, 2.24) is 0 Å². The Kier molecular flexibility index (Phi) is 6.58. The highest BCUT2D eigenvalue weighted by atomic mass is 16.6. The summed E-state index contributed by atoms with van der Waals surface area (Å²) in [5.41, 5.74) is 2.75. The normalized spacial score (nSPS) is 11.3. The molecule has 0 saturated carbocycles. The van der Waals surface area contributed by atoms with Crippen molar-refractivity contribution in [3.05, 3.63) is 77.5 Å². The number of esters is 1. The summed E-state index contributed by atoms with van der Waals surface area (Å²) in [6.07, 6.45) is 2.99. The first kappa shape index (κ1) is 17.3. The highest BCUT2D eigenvalue weighted by molar-refractivity contribution is 6.16. The summed E-state index contributed by atoms with van der Waals surface area (Å²) in [5.74, 6) is -0.475. The van der Waals surface area contributed by atoms with Gasteiger partial charge in [0.1, 0.15) is 12.2 Å². The van der Waals surface area contributed by atoms with E-state index in [-0.39, 0.29) is 6.61 Å². The van der Waals surface area contributed by atoms with Gasteiger partial charge in [0.25, 0.3) is 0 Å². The molecule has 2 rings (SSSR count). The molecule has 0 aliphatic heterocycles. The van der Waals surface area contributed by atoms with Gasteiger partial charge < -0.3 is 14.3 Å². The largest absolute Gasteiger partial charge is 0.503 e. The third-order valence-corrected chi connectivity index (χ3v) is 3.24. The molecule has 0 unspecified atom stereocenters. The van der Waals surface area contributed by atoms with Crippen LogP contribution in [0.15, 0.2) is 66.0 Å². The zero-order valence-electron chi connectivity index (χ0n) is 13.6. The monoisotopic (exact) mass is 325 g/mol. The van der Waals surface area contributed by atoms with E-state index in [1.807, 2.05) is 48.5 Å². The number of methoxy groups -OCH3 is 2. The van der Waals surface area contributed by atoms with Crippen LogP contribution in [0.5, 0.6) is 0 Å². The zero-order valence-corrected chi connectivity index (χ0v) is 13.6. The third-order valence-electron chi connectivity index (χ3n) is 3.24. The molecule has 24 heavy (non-hydrogen) atoms. The third kappa shape index (κ3) is 4.71. The first-order valence-electron chi connectivity index (χ1n) is 7.36. The van der Waals surface area contributed by atoms with Crippen molar-refractivity contribution < 1.29 is 19.1 Å². The topological polar surface area (TPSA) is 57.1 Å². The van der Waals surface area contributed by atoms with Crippen LogP contribution < -0.4 is 0 Å². The minimum absolute atomic E-state index is 0.220. The molecule has 0 aliphatic rings. The van der Waals surface area contributed by atoms with Gasteiger partial charge in [0, 0.05) is 5.56 Å². The second-order valence-corrected chi connectivity index (χ2v) is 4.83. The van der Waals surface area contributed by atoms with Crippen LogP contribution in [0, 0.1) is 0 Å². The van der Waals surface area contributed by atoms with E-state index in [1.165, 1.54) is 20.5 Å². The zero-order chi connectivity index (χ0) is 17.2. The van der Waals surface area contributed by atoms with Crippen LogP contribution in [-0.2, 0) is 25.7 Å². The fourth-order valence-corrected chi connectivity index (χ4v) is 2.10. The number of benzene rings is 2. The lowest BCUT2D eigenvalue weighted by molar-refractivity contribution is -0.133. The van der Waals surface area contributed by atoms with Crippen LogP contribution >= 0.6 is 0 Å². The summed E-state index contributed by atoms with van der Waals surface area (Å²) in [6, 6.07) is 17.0. The lowest BCUT2D eigenvalue weighted by Gasteiger charge is -2.10. The fraction of sp³-hybridized carbons (Fsp3) is 0.158. The molecule has 0 atom stereocenters. The van der Waals surface area contributed by atoms with Crippen LogP contribution in [0.1, 0.15) is 16.7 Å². The fourth-order valence-electron chi connectivity index (χ4n) is 2.10. The van der Waals surface area contributed by atoms with E-state index in [2.05, 4.69) is 5.16 Å². The molecule has 0 radical (unpaired) electrons. The maximum absolute atomic E-state index is 11.9. The summed E-state index contributed by atoms with van der Waals surface area (Å²) in [5, 5.41) is 3.96. The predicted molar refractivity (Wildman–Crippen MR) is 92.3 cm³/mol. The van der Waals surface area contributed by atoms with Crippen molar-refractivity contribution in [2.75, 3.05) is 14.2 Å². The van der Waals surface area contributed by atoms with E-state index in [4.69, 9.17) is 14.3 Å². The standard InChI is InChI=1S/C19H19NO4/c1-22-14-18(19(21)23-2)17-11-7-6-10-16(17)13-24-20-12-15-8-4-3-5-9-15/h3-12,14H,13H2,1-2H3/b18-14-,20-12-. The number of oxime groups is 1. The Balaban J connectivity index is 2.12. The molecule has 0 heterocycles. The quantitative estimate of drug-likeness (QED) is 0.257. The molecule has 0 aromatic heterocycles. The number of ether oxygens (including phenoxy) is 2. The van der Waals surface area contributed by atoms with Gasteiger partial charge in [-0.05, 0) is 11.1 Å². The molecule has 0 aliphatic carbocycles. The Bertz CT molecular complexity index is 723. The average molecular weight is 325 g/mol. The summed E-state index contributed by atoms with van der Waals surface area (Å²) in [6.45, 7) is 0.220. The highest BCUT2D eigenvalue weighted by Crippen LogP contribution is 2.21. The van der Waals surface area contributed by atoms with Gasteiger partial charge in [-0.25, -0.2) is 4.79 Å². The van der Waals surface area contributed by atoms with Gasteiger partial charge in [-0.1, -0.05) is 59.8 Å². The molecule has 0 N–H and O–H groups in total. The number of carbonyl (C=O) groups is 1. The second kappa shape index (κ2) is 9.15. The first-order valence-corrected chi connectivity index (χ1v) is 7.36. The van der Waals surface area contributed by atoms with Crippen molar-refractivity contribution in [3.8, 4) is 0 Å². The molecule has 0 saturated heterocycles. The summed E-state index contributed by atoms with van der Waals surface area (Å²) >= 11 is 0. The summed E-state index contributed by atoms with van der Waals surface area (Å²) < 4.78 is 9.79. The van der Waals surface area contributed by atoms with Gasteiger partial charge in [-0.15, -0.1) is 0 Å². The SMILES string of the molecule is CO/C=C(\C(=O)OC)c1ccccc1CO/N=C\c1ccccc1. The van der Waals surface area contributed by atoms with Crippen LogP contribution in [0.2, 0.25) is 0 Å². The first-order chi connectivity index (χ1) is 11.8. The lowest BCUT2D eigenvalue weighted by atomic mass is 10.0. The number of hydrogen-bond donors (Lipinski definition) is 0. The number of nitrogens with zero attached hydrogens (tertiary/aromatic N) is 1. The Morgan fingerprint density at radius 2 is 1.75 bits per heavy atom. The predicted octanol–water partition coefficient (Wildman–Crippen LogP) is 3.40. The van der Waals surface area contributed by atoms with Crippen LogP contribution in [0.4, 0.5) is 0 Å². The molecule has 124 valence electrons. The molecule has 5 heteroatoms. The highest BCUT2D eigenvalue weighted by Gasteiger charge is 2.16. The van der Waals surface area contributed by atoms with E-state index < -0.39 is 5.97 Å². The van der Waals surface area contributed by atoms with E-state index in [9.17, 15) is 4.79 Å². The lowest BCUT2D eigenvalue weighted by Crippen LogP contribution is -2.07. The molecule has 0 amide bonds. The van der Waals surface area contributed by atoms with Crippen molar-refractivity contribution in [2.24, 2.45) is 5.16 Å². The van der Waals surface area contributed by atoms with Gasteiger partial charge >= 0.3 is 5.97 Å². The summed E-state index contributed by atoms with van der Waals surface area (Å²) in [7, 11) is 2.81. The number of carbonyl (C=O) groups excluding carboxylic acids is 1. The maximum Gasteiger partial charge on any atom is 0.341 e. The van der Waals surface area contributed by atoms with Gasteiger partial charge in [0.15, 0.2) is 0 Å². The Morgan fingerprint density at radius 1 is 1.04 bits per heavy atom. The van der Waals surface area contributed by atoms with Gasteiger partial charge in [0.2, 0.25) is 0 Å². The summed E-state index contributed by atoms with van der Waals surface area (Å²) in [4.78, 5) is 17.3. The average Bonchev–Trinajstić information content (AvgIpc) is 2.64. The van der Waals surface area contributed by atoms with Crippen molar-refractivity contribution in [1.29, 1.82) is 0 Å². The maximum atomic E-state index is 11.9. The number of hydrogen-bond acceptors (Lipinski definition) is 5. The minimum Gasteiger partial charge on any atom is -0.503 e. The molecule has 2 aromatic carbocycles. The smallest absolute Gasteiger partial charge is 0.341 e. The molecule has 0 bridgehead atoms. The van der Waals surface area contributed by atoms with Crippen molar-refractivity contribution >= 4 is 17.8 Å². The van der Waals surface area contributed by atoms with Gasteiger partial charge in [-0.3, -0.25) is 0 Å². The molecule has 5 nitrogen and oxygen atoms in total. The van der Waals surface area contributed by atoms with Gasteiger partial charge in [0.05, 0.1) is 26.7 Å². The van der Waals surface area contributed by atoms with Crippen LogP contribution in [-0.4, -0.2) is 26.4 Å². The molecule has 0 fully saturated rings. The van der Waals surface area contributed by atoms with E-state index in [0.717, 1.165) is 11.1 Å². The molecule has 0 spiro atoms. The Morgan fingerprint density at radius 3 is 2.46 bits per heavy atom. The van der Waals surface area contributed by atoms with Crippen LogP contribution in [0.3, 0.4) is 0 Å². The molecular formula is C19H19NO4. The second-order valence-electron chi connectivity index (χ2n) is 4.83. The van der Waals surface area contributed by atoms with E-state index >= 15 is 0 Å². The van der Waals surface area contributed by atoms with Crippen molar-refractivity contribution in [2.45, 2.75) is 6.61 Å². The minimum atomic E-state index is -0.475. The van der Waals surface area contributed by atoms with Gasteiger partial charge in [-0.2, -0.15) is 0 Å². The Labute approximate surface area is 141 Å².